The second-order valence-electron chi connectivity index (χ2n) is 4.22. The second kappa shape index (κ2) is 5.10. The topological polar surface area (TPSA) is 69.6 Å². The van der Waals surface area contributed by atoms with Gasteiger partial charge < -0.3 is 5.73 Å². The van der Waals surface area contributed by atoms with Crippen LogP contribution in [-0.4, -0.2) is 20.2 Å². The van der Waals surface area contributed by atoms with Crippen LogP contribution in [0, 0.1) is 11.6 Å². The van der Waals surface area contributed by atoms with Gasteiger partial charge in [0.05, 0.1) is 10.7 Å². The molecule has 0 unspecified atom stereocenters. The number of tetrazole rings is 1. The number of aromatic nitrogens is 4. The third kappa shape index (κ3) is 2.31. The summed E-state index contributed by atoms with van der Waals surface area (Å²) in [7, 11) is 0. The monoisotopic (exact) mass is 307 g/mol. The summed E-state index contributed by atoms with van der Waals surface area (Å²) in [4.78, 5) is 0. The fourth-order valence-corrected chi connectivity index (χ4v) is 2.13. The highest BCUT2D eigenvalue weighted by molar-refractivity contribution is 6.32. The van der Waals surface area contributed by atoms with Crippen molar-refractivity contribution >= 4 is 17.3 Å². The fraction of sp³-hybridized carbons (Fsp3) is 0. The average Bonchev–Trinajstić information content (AvgIpc) is 2.91. The fourth-order valence-electron chi connectivity index (χ4n) is 1.89. The minimum Gasteiger partial charge on any atom is -0.396 e. The average molecular weight is 308 g/mol. The molecule has 0 saturated carbocycles. The van der Waals surface area contributed by atoms with Gasteiger partial charge in [-0.3, -0.25) is 0 Å². The van der Waals surface area contributed by atoms with Gasteiger partial charge >= 0.3 is 0 Å². The molecule has 3 aromatic rings. The molecular weight excluding hydrogens is 300 g/mol. The minimum atomic E-state index is -0.578. The molecule has 0 amide bonds. The molecule has 0 aliphatic rings. The smallest absolute Gasteiger partial charge is 0.187 e. The lowest BCUT2D eigenvalue weighted by molar-refractivity contribution is 0.608. The summed E-state index contributed by atoms with van der Waals surface area (Å²) in [6.45, 7) is 0. The number of rotatable bonds is 2. The zero-order chi connectivity index (χ0) is 15.0. The SMILES string of the molecule is Nc1cc(-c2nnnn2-c2c(F)cccc2Cl)ccc1F. The summed E-state index contributed by atoms with van der Waals surface area (Å²) in [5.41, 5.74) is 5.93. The third-order valence-corrected chi connectivity index (χ3v) is 3.18. The quantitative estimate of drug-likeness (QED) is 0.739. The van der Waals surface area contributed by atoms with E-state index >= 15 is 0 Å². The standard InChI is InChI=1S/C13H8ClF2N5/c14-8-2-1-3-10(16)12(8)21-13(18-19-20-21)7-4-5-9(15)11(17)6-7/h1-6H,17H2. The molecule has 1 heterocycles. The van der Waals surface area contributed by atoms with Crippen LogP contribution in [0.3, 0.4) is 0 Å². The molecule has 8 heteroatoms. The Morgan fingerprint density at radius 2 is 1.90 bits per heavy atom. The lowest BCUT2D eigenvalue weighted by Gasteiger charge is -2.08. The van der Waals surface area contributed by atoms with Gasteiger partial charge in [-0.15, -0.1) is 5.10 Å². The second-order valence-corrected chi connectivity index (χ2v) is 4.63. The van der Waals surface area contributed by atoms with Crippen molar-refractivity contribution in [3.8, 4) is 17.1 Å². The number of nitrogen functional groups attached to an aromatic ring is 1. The molecule has 0 aliphatic carbocycles. The Hall–Kier alpha value is -2.54. The first-order valence-electron chi connectivity index (χ1n) is 5.86. The maximum atomic E-state index is 14.0. The predicted octanol–water partition coefficient (Wildman–Crippen LogP) is 2.84. The highest BCUT2D eigenvalue weighted by Gasteiger charge is 2.17. The maximum Gasteiger partial charge on any atom is 0.187 e. The van der Waals surface area contributed by atoms with Crippen LogP contribution in [0.25, 0.3) is 17.1 Å². The van der Waals surface area contributed by atoms with Crippen LogP contribution >= 0.6 is 11.6 Å². The Morgan fingerprint density at radius 3 is 2.62 bits per heavy atom. The molecular formula is C13H8ClF2N5. The highest BCUT2D eigenvalue weighted by Crippen LogP contribution is 2.28. The van der Waals surface area contributed by atoms with Gasteiger partial charge in [-0.1, -0.05) is 17.7 Å². The van der Waals surface area contributed by atoms with Crippen molar-refractivity contribution in [2.24, 2.45) is 0 Å². The van der Waals surface area contributed by atoms with E-state index in [1.807, 2.05) is 0 Å². The van der Waals surface area contributed by atoms with E-state index in [0.29, 0.717) is 5.56 Å². The number of nitrogens with two attached hydrogens (primary N) is 1. The third-order valence-electron chi connectivity index (χ3n) is 2.87. The Bertz CT molecular complexity index is 798. The number of hydrogen-bond acceptors (Lipinski definition) is 4. The van der Waals surface area contributed by atoms with Crippen LogP contribution in [0.15, 0.2) is 36.4 Å². The van der Waals surface area contributed by atoms with Gasteiger partial charge in [0.15, 0.2) is 11.6 Å². The molecule has 2 N–H and O–H groups in total. The van der Waals surface area contributed by atoms with E-state index < -0.39 is 11.6 Å². The van der Waals surface area contributed by atoms with Crippen molar-refractivity contribution in [2.75, 3.05) is 5.73 Å². The summed E-state index contributed by atoms with van der Waals surface area (Å²) in [6, 6.07) is 8.23. The van der Waals surface area contributed by atoms with E-state index in [-0.39, 0.29) is 22.2 Å². The van der Waals surface area contributed by atoms with Crippen LogP contribution in [0.2, 0.25) is 5.02 Å². The molecule has 0 saturated heterocycles. The zero-order valence-corrected chi connectivity index (χ0v) is 11.2. The van der Waals surface area contributed by atoms with Crippen LogP contribution in [0.1, 0.15) is 0 Å². The first-order valence-corrected chi connectivity index (χ1v) is 6.24. The zero-order valence-electron chi connectivity index (χ0n) is 10.5. The van der Waals surface area contributed by atoms with Crippen LogP contribution in [0.4, 0.5) is 14.5 Å². The number of benzene rings is 2. The van der Waals surface area contributed by atoms with Crippen molar-refractivity contribution in [1.82, 2.24) is 20.2 Å². The number of nitrogens with zero attached hydrogens (tertiary/aromatic N) is 4. The van der Waals surface area contributed by atoms with Gasteiger partial charge in [0.2, 0.25) is 0 Å². The van der Waals surface area contributed by atoms with Gasteiger partial charge in [-0.05, 0) is 40.8 Å². The summed E-state index contributed by atoms with van der Waals surface area (Å²) in [5.74, 6) is -0.929. The van der Waals surface area contributed by atoms with Gasteiger partial charge in [0.25, 0.3) is 0 Å². The molecule has 106 valence electrons. The van der Waals surface area contributed by atoms with Gasteiger partial charge in [-0.25, -0.2) is 8.78 Å². The van der Waals surface area contributed by atoms with Crippen molar-refractivity contribution < 1.29 is 8.78 Å². The molecule has 5 nitrogen and oxygen atoms in total. The van der Waals surface area contributed by atoms with Crippen LogP contribution < -0.4 is 5.73 Å². The summed E-state index contributed by atoms with van der Waals surface area (Å²) in [5, 5.41) is 11.2. The first kappa shape index (κ1) is 13.4. The van der Waals surface area contributed by atoms with E-state index in [0.717, 1.165) is 4.68 Å². The van der Waals surface area contributed by atoms with E-state index in [9.17, 15) is 8.78 Å². The maximum absolute atomic E-state index is 14.0. The van der Waals surface area contributed by atoms with E-state index in [1.54, 1.807) is 0 Å². The lowest BCUT2D eigenvalue weighted by Crippen LogP contribution is -2.04. The van der Waals surface area contributed by atoms with E-state index in [2.05, 4.69) is 15.5 Å². The summed E-state index contributed by atoms with van der Waals surface area (Å²) >= 11 is 6.00. The van der Waals surface area contributed by atoms with Crippen molar-refractivity contribution in [3.05, 3.63) is 53.1 Å². The lowest BCUT2D eigenvalue weighted by atomic mass is 10.2. The minimum absolute atomic E-state index is 0.0158. The van der Waals surface area contributed by atoms with Crippen molar-refractivity contribution in [1.29, 1.82) is 0 Å². The number of para-hydroxylation sites is 1. The van der Waals surface area contributed by atoms with Gasteiger partial charge in [0.1, 0.15) is 11.5 Å². The van der Waals surface area contributed by atoms with Gasteiger partial charge in [-0.2, -0.15) is 4.68 Å². The Labute approximate surface area is 123 Å². The summed E-state index contributed by atoms with van der Waals surface area (Å²) < 4.78 is 28.3. The highest BCUT2D eigenvalue weighted by atomic mass is 35.5. The largest absolute Gasteiger partial charge is 0.396 e. The Morgan fingerprint density at radius 1 is 1.10 bits per heavy atom. The number of halogens is 3. The number of anilines is 1. The molecule has 21 heavy (non-hydrogen) atoms. The molecule has 0 radical (unpaired) electrons. The van der Waals surface area contributed by atoms with E-state index in [1.165, 1.54) is 36.4 Å². The summed E-state index contributed by atoms with van der Waals surface area (Å²) in [6.07, 6.45) is 0. The van der Waals surface area contributed by atoms with Crippen molar-refractivity contribution in [3.63, 3.8) is 0 Å². The molecule has 1 aromatic heterocycles. The molecule has 0 aliphatic heterocycles. The van der Waals surface area contributed by atoms with E-state index in [4.69, 9.17) is 17.3 Å². The van der Waals surface area contributed by atoms with Crippen molar-refractivity contribution in [2.45, 2.75) is 0 Å². The Balaban J connectivity index is 2.20. The molecule has 0 bridgehead atoms. The molecule has 0 spiro atoms. The number of hydrogen-bond donors (Lipinski definition) is 1. The molecule has 0 fully saturated rings. The van der Waals surface area contributed by atoms with Crippen LogP contribution in [0.5, 0.6) is 0 Å². The molecule has 3 rings (SSSR count). The first-order chi connectivity index (χ1) is 10.1. The molecule has 0 atom stereocenters. The Kier molecular flexibility index (Phi) is 3.26. The van der Waals surface area contributed by atoms with Crippen LogP contribution in [-0.2, 0) is 0 Å². The predicted molar refractivity (Wildman–Crippen MR) is 73.9 cm³/mol. The normalized spacial score (nSPS) is 10.8. The molecule has 2 aromatic carbocycles. The van der Waals surface area contributed by atoms with Gasteiger partial charge in [0, 0.05) is 5.56 Å².